The van der Waals surface area contributed by atoms with Crippen LogP contribution in [-0.2, 0) is 9.47 Å². The highest BCUT2D eigenvalue weighted by atomic mass is 16.7. The van der Waals surface area contributed by atoms with Gasteiger partial charge < -0.3 is 24.8 Å². The van der Waals surface area contributed by atoms with Gasteiger partial charge >= 0.3 is 23.9 Å². The second kappa shape index (κ2) is 11.4. The average molecular weight is 475 g/mol. The number of phenolic OH excluding ortho intramolecular Hbond substituents is 1. The van der Waals surface area contributed by atoms with E-state index in [9.17, 15) is 44.6 Å². The number of ether oxygens (including phenoxy) is 2. The summed E-state index contributed by atoms with van der Waals surface area (Å²) >= 11 is 0. The lowest BCUT2D eigenvalue weighted by Crippen LogP contribution is -2.26. The number of esters is 2. The molecule has 180 valence electrons. The van der Waals surface area contributed by atoms with Crippen molar-refractivity contribution >= 4 is 29.6 Å². The number of rotatable bonds is 11. The quantitative estimate of drug-likeness (QED) is 0.141. The van der Waals surface area contributed by atoms with E-state index in [0.29, 0.717) is 12.8 Å². The molecule has 34 heavy (non-hydrogen) atoms. The molecule has 0 fully saturated rings. The van der Waals surface area contributed by atoms with Crippen LogP contribution >= 0.6 is 0 Å². The summed E-state index contributed by atoms with van der Waals surface area (Å²) in [4.78, 5) is 58.4. The molecule has 1 unspecified atom stereocenters. The summed E-state index contributed by atoms with van der Waals surface area (Å²) in [5, 5.41) is 39.1. The van der Waals surface area contributed by atoms with Gasteiger partial charge in [0.1, 0.15) is 5.75 Å². The number of hydrogen-bond donors (Lipinski definition) is 3. The molecule has 0 aliphatic rings. The molecule has 12 nitrogen and oxygen atoms in total. The summed E-state index contributed by atoms with van der Waals surface area (Å²) in [6, 6.07) is 5.47. The predicted molar refractivity (Wildman–Crippen MR) is 114 cm³/mol. The minimum Gasteiger partial charge on any atom is -0.508 e. The Morgan fingerprint density at radius 1 is 0.882 bits per heavy atom. The third kappa shape index (κ3) is 6.51. The number of carbonyl (C=O) groups excluding carboxylic acids is 2. The minimum atomic E-state index is -1.54. The van der Waals surface area contributed by atoms with Gasteiger partial charge in [-0.15, -0.1) is 0 Å². The Morgan fingerprint density at radius 2 is 1.47 bits per heavy atom. The maximum Gasteiger partial charge on any atom is 0.342 e. The van der Waals surface area contributed by atoms with Crippen molar-refractivity contribution in [3.8, 4) is 5.75 Å². The van der Waals surface area contributed by atoms with E-state index in [0.717, 1.165) is 42.8 Å². The van der Waals surface area contributed by atoms with Gasteiger partial charge in [0.15, 0.2) is 0 Å². The molecule has 3 N–H and O–H groups in total. The number of carboxylic acids is 2. The SMILES string of the molecule is CCCCCC(OC(=O)c1ccc(O)cc1C(=O)O)OC(=O)c1cc([N+](=O)[O-])ccc1C(=O)O. The zero-order chi connectivity index (χ0) is 25.4. The number of carbonyl (C=O) groups is 4. The molecule has 2 aromatic carbocycles. The minimum absolute atomic E-state index is 0.00312. The lowest BCUT2D eigenvalue weighted by Gasteiger charge is -2.19. The van der Waals surface area contributed by atoms with E-state index in [-0.39, 0.29) is 6.42 Å². The van der Waals surface area contributed by atoms with E-state index < -0.39 is 68.8 Å². The Morgan fingerprint density at radius 3 is 2.03 bits per heavy atom. The lowest BCUT2D eigenvalue weighted by molar-refractivity contribution is -0.384. The topological polar surface area (TPSA) is 191 Å². The first-order valence-corrected chi connectivity index (χ1v) is 10.0. The smallest absolute Gasteiger partial charge is 0.342 e. The molecule has 0 heterocycles. The fourth-order valence-corrected chi connectivity index (χ4v) is 2.96. The number of benzene rings is 2. The van der Waals surface area contributed by atoms with Gasteiger partial charge in [0, 0.05) is 18.6 Å². The van der Waals surface area contributed by atoms with Crippen molar-refractivity contribution in [1.82, 2.24) is 0 Å². The first kappa shape index (κ1) is 25.8. The number of hydrogen-bond acceptors (Lipinski definition) is 9. The summed E-state index contributed by atoms with van der Waals surface area (Å²) in [5.41, 5.74) is -2.68. The number of phenols is 1. The van der Waals surface area contributed by atoms with Gasteiger partial charge in [-0.25, -0.2) is 19.2 Å². The number of aromatic carboxylic acids is 2. The molecule has 0 aliphatic heterocycles. The summed E-state index contributed by atoms with van der Waals surface area (Å²) in [6.07, 6.45) is 0.335. The predicted octanol–water partition coefficient (Wildman–Crippen LogP) is 3.62. The molecule has 0 bridgehead atoms. The van der Waals surface area contributed by atoms with E-state index in [1.54, 1.807) is 0 Å². The van der Waals surface area contributed by atoms with Crippen molar-refractivity contribution in [2.45, 2.75) is 38.9 Å². The van der Waals surface area contributed by atoms with Crippen molar-refractivity contribution in [3.05, 3.63) is 68.8 Å². The second-order valence-corrected chi connectivity index (χ2v) is 7.06. The highest BCUT2D eigenvalue weighted by Crippen LogP contribution is 2.23. The molecule has 0 aromatic heterocycles. The molecule has 0 spiro atoms. The largest absolute Gasteiger partial charge is 0.508 e. The Kier molecular flexibility index (Phi) is 8.65. The summed E-state index contributed by atoms with van der Waals surface area (Å²) in [5.74, 6) is -5.88. The molecule has 2 rings (SSSR count). The van der Waals surface area contributed by atoms with Crippen LogP contribution in [0.2, 0.25) is 0 Å². The monoisotopic (exact) mass is 475 g/mol. The summed E-state index contributed by atoms with van der Waals surface area (Å²) in [6.45, 7) is 1.89. The first-order valence-electron chi connectivity index (χ1n) is 10.0. The number of nitrogens with zero attached hydrogens (tertiary/aromatic N) is 1. The number of nitro benzene ring substituents is 1. The molecular formula is C22H21NO11. The molecule has 0 amide bonds. The number of nitro groups is 1. The number of aromatic hydroxyl groups is 1. The normalized spacial score (nSPS) is 11.3. The van der Waals surface area contributed by atoms with Crippen LogP contribution in [0.4, 0.5) is 5.69 Å². The van der Waals surface area contributed by atoms with Gasteiger partial charge in [0.2, 0.25) is 6.29 Å². The molecule has 2 aromatic rings. The first-order chi connectivity index (χ1) is 16.0. The van der Waals surface area contributed by atoms with Crippen LogP contribution in [-0.4, -0.2) is 50.4 Å². The molecule has 12 heteroatoms. The zero-order valence-electron chi connectivity index (χ0n) is 17.9. The highest BCUT2D eigenvalue weighted by molar-refractivity contribution is 6.04. The number of carboxylic acid groups (broad SMARTS) is 2. The Bertz CT molecular complexity index is 1130. The van der Waals surface area contributed by atoms with Crippen LogP contribution in [0.15, 0.2) is 36.4 Å². The van der Waals surface area contributed by atoms with Crippen LogP contribution in [0, 0.1) is 10.1 Å². The zero-order valence-corrected chi connectivity index (χ0v) is 17.9. The van der Waals surface area contributed by atoms with E-state index in [2.05, 4.69) is 0 Å². The Hall–Kier alpha value is -4.48. The maximum absolute atomic E-state index is 12.7. The van der Waals surface area contributed by atoms with Crippen LogP contribution in [0.3, 0.4) is 0 Å². The lowest BCUT2D eigenvalue weighted by atomic mass is 10.1. The van der Waals surface area contributed by atoms with Crippen LogP contribution in [0.5, 0.6) is 5.75 Å². The summed E-state index contributed by atoms with van der Waals surface area (Å²) < 4.78 is 10.3. The van der Waals surface area contributed by atoms with Crippen LogP contribution in [0.1, 0.15) is 74.0 Å². The average Bonchev–Trinajstić information content (AvgIpc) is 2.78. The molecule has 1 atom stereocenters. The molecule has 0 radical (unpaired) electrons. The van der Waals surface area contributed by atoms with Gasteiger partial charge in [-0.1, -0.05) is 19.8 Å². The van der Waals surface area contributed by atoms with Gasteiger partial charge in [-0.2, -0.15) is 0 Å². The standard InChI is InChI=1S/C22H21NO11/c1-2-3-4-5-18(33-21(29)15-9-7-13(24)11-16(15)20(27)28)34-22(30)17-10-12(23(31)32)6-8-14(17)19(25)26/h6-11,18,24H,2-5H2,1H3,(H,25,26)(H,27,28). The molecule has 0 saturated heterocycles. The van der Waals surface area contributed by atoms with Crippen LogP contribution in [0.25, 0.3) is 0 Å². The van der Waals surface area contributed by atoms with Crippen molar-refractivity contribution in [1.29, 1.82) is 0 Å². The number of unbranched alkanes of at least 4 members (excludes halogenated alkanes) is 2. The number of non-ortho nitro benzene ring substituents is 1. The van der Waals surface area contributed by atoms with E-state index >= 15 is 0 Å². The van der Waals surface area contributed by atoms with E-state index in [1.165, 1.54) is 0 Å². The molecule has 0 saturated carbocycles. The fraction of sp³-hybridized carbons (Fsp3) is 0.273. The third-order valence-corrected chi connectivity index (χ3v) is 4.64. The van der Waals surface area contributed by atoms with Gasteiger partial charge in [-0.3, -0.25) is 10.1 Å². The fourth-order valence-electron chi connectivity index (χ4n) is 2.96. The van der Waals surface area contributed by atoms with Gasteiger partial charge in [-0.05, 0) is 30.7 Å². The van der Waals surface area contributed by atoms with E-state index in [4.69, 9.17) is 9.47 Å². The highest BCUT2D eigenvalue weighted by Gasteiger charge is 2.27. The van der Waals surface area contributed by atoms with Crippen LogP contribution < -0.4 is 0 Å². The molecular weight excluding hydrogens is 454 g/mol. The third-order valence-electron chi connectivity index (χ3n) is 4.64. The van der Waals surface area contributed by atoms with Crippen molar-refractivity contribution in [2.75, 3.05) is 0 Å². The Balaban J connectivity index is 2.34. The van der Waals surface area contributed by atoms with Gasteiger partial charge in [0.25, 0.3) is 5.69 Å². The summed E-state index contributed by atoms with van der Waals surface area (Å²) in [7, 11) is 0. The molecule has 0 aliphatic carbocycles. The van der Waals surface area contributed by atoms with Crippen molar-refractivity contribution in [2.24, 2.45) is 0 Å². The Labute approximate surface area is 192 Å². The van der Waals surface area contributed by atoms with Crippen molar-refractivity contribution < 1.29 is 48.9 Å². The van der Waals surface area contributed by atoms with Crippen molar-refractivity contribution in [3.63, 3.8) is 0 Å². The van der Waals surface area contributed by atoms with Gasteiger partial charge in [0.05, 0.1) is 27.2 Å². The maximum atomic E-state index is 12.7. The second-order valence-electron chi connectivity index (χ2n) is 7.06. The van der Waals surface area contributed by atoms with E-state index in [1.807, 2.05) is 6.92 Å².